The van der Waals surface area contributed by atoms with Gasteiger partial charge in [-0.2, -0.15) is 0 Å². The van der Waals surface area contributed by atoms with Gasteiger partial charge in [-0.3, -0.25) is 0 Å². The molecular formula is C98H100O6P2. The third-order valence-corrected chi connectivity index (χ3v) is 25.7. The van der Waals surface area contributed by atoms with Crippen LogP contribution < -0.4 is 9.05 Å². The van der Waals surface area contributed by atoms with Crippen LogP contribution in [0.4, 0.5) is 0 Å². The highest BCUT2D eigenvalue weighted by atomic mass is 31.2. The highest BCUT2D eigenvalue weighted by Crippen LogP contribution is 2.59. The Morgan fingerprint density at radius 1 is 0.236 bits per heavy atom. The Morgan fingerprint density at radius 2 is 0.453 bits per heavy atom. The van der Waals surface area contributed by atoms with Gasteiger partial charge in [0.1, 0.15) is 22.7 Å². The van der Waals surface area contributed by atoms with E-state index in [0.29, 0.717) is 35.9 Å². The summed E-state index contributed by atoms with van der Waals surface area (Å²) in [6.07, 6.45) is 0. The summed E-state index contributed by atoms with van der Waals surface area (Å²) in [6, 6.07) is 106. The van der Waals surface area contributed by atoms with Crippen molar-refractivity contribution in [1.82, 2.24) is 0 Å². The molecule has 1 aliphatic heterocycles. The molecule has 1 saturated heterocycles. The Bertz CT molecular complexity index is 5140. The fraction of sp³-hybridized carbons (Fsp3) is 0.265. The maximum atomic E-state index is 8.48. The molecular weight excluding hydrogens is 1340 g/mol. The lowest BCUT2D eigenvalue weighted by atomic mass is 9.70. The lowest BCUT2D eigenvalue weighted by molar-refractivity contribution is 0.350. The quantitative estimate of drug-likeness (QED) is 0.0668. The average Bonchev–Trinajstić information content (AvgIpc) is 1.67. The Balaban J connectivity index is 1.20. The van der Waals surface area contributed by atoms with Gasteiger partial charge in [0.2, 0.25) is 0 Å². The lowest BCUT2D eigenvalue weighted by Gasteiger charge is -2.36. The smallest absolute Gasteiger partial charge is 0.426 e. The molecule has 0 bridgehead atoms. The summed E-state index contributed by atoms with van der Waals surface area (Å²) < 4.78 is 45.5. The van der Waals surface area contributed by atoms with E-state index >= 15 is 0 Å². The molecule has 1 aromatic heterocycles. The molecule has 6 nitrogen and oxygen atoms in total. The zero-order chi connectivity index (χ0) is 74.6. The molecule has 0 N–H and O–H groups in total. The Hall–Kier alpha value is -9.51. The van der Waals surface area contributed by atoms with Crippen LogP contribution in [0.3, 0.4) is 0 Å². The fourth-order valence-electron chi connectivity index (χ4n) is 15.8. The standard InChI is InChI=1S/C98H100O6P2/c1-91(2,67-41-25-17-26-42-67)75-59-79(87(101-105-99-57-58-100-105)83(63-75)95(9,10)71-49-33-21-34-50-71)80-60-76(92(3,4)68-43-27-18-28-44-68)64-84(96(11,12)72-51-35-22-36-52-72)88(80)102-106-103-89-81(61-77(93(5,6)69-45-29-19-30-46-69)65-85(89)97(13,14)73-53-37-23-38-54-73)82-62-78(94(7,8)70-47-31-20-32-48-70)66-86(90(82)104-106)98(15,16)74-55-39-24-40-56-74/h17-56,59-66H,57-58H2,1-16H3. The first-order valence-electron chi connectivity index (χ1n) is 37.4. The van der Waals surface area contributed by atoms with Crippen LogP contribution in [0.15, 0.2) is 300 Å². The van der Waals surface area contributed by atoms with E-state index in [1.54, 1.807) is 0 Å². The number of fused-ring (bicyclic) bond motifs is 3. The molecule has 106 heavy (non-hydrogen) atoms. The van der Waals surface area contributed by atoms with Gasteiger partial charge in [0.05, 0.1) is 13.2 Å². The Morgan fingerprint density at radius 3 is 0.717 bits per heavy atom. The average molecular weight is 1440 g/mol. The van der Waals surface area contributed by atoms with Gasteiger partial charge in [0.15, 0.2) is 0 Å². The van der Waals surface area contributed by atoms with Crippen molar-refractivity contribution < 1.29 is 26.5 Å². The van der Waals surface area contributed by atoms with Gasteiger partial charge in [-0.25, -0.2) is 0 Å². The second kappa shape index (κ2) is 28.7. The van der Waals surface area contributed by atoms with Gasteiger partial charge < -0.3 is 26.5 Å². The van der Waals surface area contributed by atoms with Crippen molar-refractivity contribution in [3.63, 3.8) is 0 Å². The van der Waals surface area contributed by atoms with Gasteiger partial charge >= 0.3 is 16.8 Å². The van der Waals surface area contributed by atoms with E-state index in [2.05, 4.69) is 402 Å². The summed E-state index contributed by atoms with van der Waals surface area (Å²) in [7, 11) is -4.41. The van der Waals surface area contributed by atoms with Crippen LogP contribution >= 0.6 is 16.8 Å². The predicted octanol–water partition coefficient (Wildman–Crippen LogP) is 27.1. The number of benzene rings is 12. The van der Waals surface area contributed by atoms with Crippen molar-refractivity contribution in [2.75, 3.05) is 13.2 Å². The predicted molar refractivity (Wildman–Crippen MR) is 442 cm³/mol. The van der Waals surface area contributed by atoms with Crippen molar-refractivity contribution in [2.45, 2.75) is 154 Å². The topological polar surface area (TPSA) is 63.2 Å². The summed E-state index contributed by atoms with van der Waals surface area (Å²) in [6.45, 7) is 38.1. The molecule has 0 saturated carbocycles. The molecule has 1 fully saturated rings. The maximum Gasteiger partial charge on any atom is 0.453 e. The van der Waals surface area contributed by atoms with Crippen LogP contribution in [-0.2, 0) is 52.4 Å². The zero-order valence-corrected chi connectivity index (χ0v) is 66.3. The van der Waals surface area contributed by atoms with Crippen LogP contribution in [-0.4, -0.2) is 13.2 Å². The van der Waals surface area contributed by atoms with Crippen molar-refractivity contribution in [1.29, 1.82) is 0 Å². The summed E-state index contributed by atoms with van der Waals surface area (Å²) in [5, 5.41) is 1.84. The largest absolute Gasteiger partial charge is 0.453 e. The zero-order valence-electron chi connectivity index (χ0n) is 64.5. The summed E-state index contributed by atoms with van der Waals surface area (Å²) in [5.74, 6) is 1.24. The first kappa shape index (κ1) is 73.4. The second-order valence-corrected chi connectivity index (χ2v) is 35.2. The van der Waals surface area contributed by atoms with Gasteiger partial charge in [-0.05, 0) is 91.0 Å². The molecule has 12 aromatic carbocycles. The van der Waals surface area contributed by atoms with E-state index in [9.17, 15) is 0 Å². The fourth-order valence-corrected chi connectivity index (χ4v) is 17.9. The summed E-state index contributed by atoms with van der Waals surface area (Å²) >= 11 is 0. The second-order valence-electron chi connectivity index (χ2n) is 33.0. The SMILES string of the molecule is CC(C)(c1ccccc1)c1cc(-c2cc(C(C)(C)c3ccccc3)cc(C(C)(C)c3ccccc3)c2Op2oc3c(C(C)(C)c4ccccc4)cc(C(C)(C)c4ccccc4)cc3c3cc(C(C)(C)c4ccccc4)cc(C(C)(C)c4ccccc4)c3o2)c(OP2OCCO2)c(C(C)(C)c2ccccc2)c1. The number of rotatable bonds is 21. The van der Waals surface area contributed by atoms with E-state index in [4.69, 9.17) is 26.5 Å². The normalized spacial score (nSPS) is 13.7. The minimum atomic E-state index is -2.54. The molecule has 0 radical (unpaired) electrons. The maximum absolute atomic E-state index is 8.48. The van der Waals surface area contributed by atoms with E-state index in [1.807, 2.05) is 0 Å². The minimum absolute atomic E-state index is 0.409. The van der Waals surface area contributed by atoms with E-state index in [1.165, 1.54) is 16.7 Å². The third kappa shape index (κ3) is 13.7. The summed E-state index contributed by atoms with van der Waals surface area (Å²) in [5.41, 5.74) is 15.7. The van der Waals surface area contributed by atoms with Crippen molar-refractivity contribution in [3.8, 4) is 22.6 Å². The number of hydrogen-bond acceptors (Lipinski definition) is 6. The van der Waals surface area contributed by atoms with Crippen LogP contribution in [0.1, 0.15) is 200 Å². The molecule has 0 unspecified atom stereocenters. The Labute approximate surface area is 631 Å². The van der Waals surface area contributed by atoms with Gasteiger partial charge in [-0.15, -0.1) is 0 Å². The first-order chi connectivity index (χ1) is 50.6. The molecule has 0 amide bonds. The monoisotopic (exact) mass is 1430 g/mol. The highest BCUT2D eigenvalue weighted by molar-refractivity contribution is 7.42. The van der Waals surface area contributed by atoms with E-state index in [0.717, 1.165) is 94.2 Å². The van der Waals surface area contributed by atoms with Crippen LogP contribution in [0.2, 0.25) is 0 Å². The van der Waals surface area contributed by atoms with Crippen molar-refractivity contribution in [3.05, 3.63) is 380 Å². The molecule has 0 atom stereocenters. The molecule has 13 aromatic rings. The molecule has 0 aliphatic carbocycles. The molecule has 2 heterocycles. The summed E-state index contributed by atoms with van der Waals surface area (Å²) in [4.78, 5) is 0. The van der Waals surface area contributed by atoms with Gasteiger partial charge in [-0.1, -0.05) is 378 Å². The third-order valence-electron chi connectivity index (χ3n) is 23.6. The van der Waals surface area contributed by atoms with Crippen LogP contribution in [0.25, 0.3) is 33.1 Å². The van der Waals surface area contributed by atoms with E-state index < -0.39 is 60.2 Å². The van der Waals surface area contributed by atoms with Crippen LogP contribution in [0.5, 0.6) is 11.5 Å². The van der Waals surface area contributed by atoms with Gasteiger partial charge in [0.25, 0.3) is 0 Å². The van der Waals surface area contributed by atoms with Crippen molar-refractivity contribution >= 4 is 38.8 Å². The van der Waals surface area contributed by atoms with Gasteiger partial charge in [0, 0.05) is 87.5 Å². The van der Waals surface area contributed by atoms with Crippen LogP contribution in [0, 0.1) is 0 Å². The molecule has 538 valence electrons. The Kier molecular flexibility index (Phi) is 19.8. The first-order valence-corrected chi connectivity index (χ1v) is 39.6. The van der Waals surface area contributed by atoms with E-state index in [-0.39, 0.29) is 0 Å². The highest BCUT2D eigenvalue weighted by Gasteiger charge is 2.42. The molecule has 1 aliphatic rings. The van der Waals surface area contributed by atoms with Crippen molar-refractivity contribution in [2.24, 2.45) is 0 Å². The minimum Gasteiger partial charge on any atom is -0.426 e. The number of hydrogen-bond donors (Lipinski definition) is 0. The molecule has 14 rings (SSSR count). The lowest BCUT2D eigenvalue weighted by Crippen LogP contribution is -2.25. The molecule has 0 spiro atoms. The molecule has 8 heteroatoms.